The zero-order valence-electron chi connectivity index (χ0n) is 18.1. The zero-order chi connectivity index (χ0) is 22.5. The van der Waals surface area contributed by atoms with Crippen molar-refractivity contribution in [1.82, 2.24) is 15.1 Å². The van der Waals surface area contributed by atoms with Crippen LogP contribution in [0.3, 0.4) is 0 Å². The lowest BCUT2D eigenvalue weighted by Crippen LogP contribution is -2.49. The van der Waals surface area contributed by atoms with E-state index in [1.807, 2.05) is 30.3 Å². The molecule has 8 heteroatoms. The summed E-state index contributed by atoms with van der Waals surface area (Å²) in [6.45, 7) is 2.42. The molecule has 1 fully saturated rings. The Labute approximate surface area is 186 Å². The van der Waals surface area contributed by atoms with E-state index < -0.39 is 0 Å². The van der Waals surface area contributed by atoms with Gasteiger partial charge in [0.15, 0.2) is 17.3 Å². The fourth-order valence-corrected chi connectivity index (χ4v) is 3.74. The van der Waals surface area contributed by atoms with Crippen molar-refractivity contribution in [1.29, 1.82) is 0 Å². The average Bonchev–Trinajstić information content (AvgIpc) is 2.85. The van der Waals surface area contributed by atoms with Crippen LogP contribution in [0.2, 0.25) is 0 Å². The van der Waals surface area contributed by atoms with Crippen molar-refractivity contribution < 1.29 is 18.7 Å². The predicted octanol–water partition coefficient (Wildman–Crippen LogP) is 3.19. The van der Waals surface area contributed by atoms with Crippen LogP contribution in [0.15, 0.2) is 54.6 Å². The van der Waals surface area contributed by atoms with E-state index in [9.17, 15) is 9.18 Å². The lowest BCUT2D eigenvalue weighted by atomic mass is 10.1. The topological polar surface area (TPSA) is 67.8 Å². The van der Waals surface area contributed by atoms with Crippen LogP contribution in [0, 0.1) is 5.82 Å². The molecule has 2 heterocycles. The van der Waals surface area contributed by atoms with Gasteiger partial charge in [0, 0.05) is 31.7 Å². The molecule has 0 radical (unpaired) electrons. The lowest BCUT2D eigenvalue weighted by molar-refractivity contribution is -0.130. The number of hydrogen-bond acceptors (Lipinski definition) is 6. The largest absolute Gasteiger partial charge is 0.493 e. The molecule has 0 N–H and O–H groups in total. The summed E-state index contributed by atoms with van der Waals surface area (Å²) < 4.78 is 24.5. The molecule has 1 aliphatic heterocycles. The molecule has 0 saturated carbocycles. The number of hydrogen-bond donors (Lipinski definition) is 0. The second-order valence-electron chi connectivity index (χ2n) is 7.48. The average molecular weight is 436 g/mol. The number of halogens is 1. The Morgan fingerprint density at radius 2 is 1.69 bits per heavy atom. The minimum absolute atomic E-state index is 0.0652. The highest BCUT2D eigenvalue weighted by atomic mass is 19.1. The van der Waals surface area contributed by atoms with Gasteiger partial charge in [-0.05, 0) is 42.0 Å². The Hall–Kier alpha value is -3.68. The first kappa shape index (κ1) is 21.5. The number of carbonyl (C=O) groups excluding carboxylic acids is 1. The summed E-state index contributed by atoms with van der Waals surface area (Å²) in [6, 6.07) is 15.8. The normalized spacial score (nSPS) is 13.7. The van der Waals surface area contributed by atoms with Crippen LogP contribution < -0.4 is 14.4 Å². The van der Waals surface area contributed by atoms with E-state index in [0.717, 1.165) is 17.1 Å². The molecule has 1 saturated heterocycles. The maximum absolute atomic E-state index is 13.8. The molecule has 0 unspecified atom stereocenters. The van der Waals surface area contributed by atoms with Crippen LogP contribution in [0.4, 0.5) is 10.2 Å². The van der Waals surface area contributed by atoms with Gasteiger partial charge in [-0.1, -0.05) is 18.2 Å². The molecule has 166 valence electrons. The maximum atomic E-state index is 13.8. The summed E-state index contributed by atoms with van der Waals surface area (Å²) in [4.78, 5) is 16.4. The SMILES string of the molecule is COc1ccc(-c2ccc(N3CCN(C(=O)Cc4ccccc4F)CC3)nn2)cc1OC. The Bertz CT molecular complexity index is 1080. The molecule has 4 rings (SSSR count). The van der Waals surface area contributed by atoms with Crippen LogP contribution in [-0.2, 0) is 11.2 Å². The van der Waals surface area contributed by atoms with Crippen LogP contribution in [0.1, 0.15) is 5.56 Å². The predicted molar refractivity (Wildman–Crippen MR) is 119 cm³/mol. The van der Waals surface area contributed by atoms with E-state index in [0.29, 0.717) is 43.2 Å². The fraction of sp³-hybridized carbons (Fsp3) is 0.292. The number of carbonyl (C=O) groups is 1. The zero-order valence-corrected chi connectivity index (χ0v) is 18.1. The van der Waals surface area contributed by atoms with Gasteiger partial charge in [0.25, 0.3) is 0 Å². The molecule has 0 bridgehead atoms. The highest BCUT2D eigenvalue weighted by Crippen LogP contribution is 2.31. The maximum Gasteiger partial charge on any atom is 0.227 e. The van der Waals surface area contributed by atoms with Crippen molar-refractivity contribution >= 4 is 11.7 Å². The minimum atomic E-state index is -0.343. The summed E-state index contributed by atoms with van der Waals surface area (Å²) in [5, 5.41) is 8.74. The van der Waals surface area contributed by atoms with Gasteiger partial charge in [-0.3, -0.25) is 4.79 Å². The van der Waals surface area contributed by atoms with Gasteiger partial charge in [0.05, 0.1) is 26.3 Å². The molecule has 2 aromatic carbocycles. The third-order valence-corrected chi connectivity index (χ3v) is 5.59. The second kappa shape index (κ2) is 9.64. The Morgan fingerprint density at radius 3 is 2.34 bits per heavy atom. The fourth-order valence-electron chi connectivity index (χ4n) is 3.74. The van der Waals surface area contributed by atoms with Crippen molar-refractivity contribution in [2.75, 3.05) is 45.3 Å². The molecule has 1 aromatic heterocycles. The Morgan fingerprint density at radius 1 is 0.938 bits per heavy atom. The van der Waals surface area contributed by atoms with Crippen LogP contribution in [-0.4, -0.2) is 61.4 Å². The first-order chi connectivity index (χ1) is 15.6. The molecule has 1 aliphatic rings. The van der Waals surface area contributed by atoms with Crippen molar-refractivity contribution in [3.05, 3.63) is 66.0 Å². The molecule has 0 atom stereocenters. The molecule has 32 heavy (non-hydrogen) atoms. The van der Waals surface area contributed by atoms with E-state index in [4.69, 9.17) is 9.47 Å². The first-order valence-electron chi connectivity index (χ1n) is 10.4. The Kier molecular flexibility index (Phi) is 6.49. The highest BCUT2D eigenvalue weighted by molar-refractivity contribution is 5.79. The minimum Gasteiger partial charge on any atom is -0.493 e. The number of rotatable bonds is 6. The number of nitrogens with zero attached hydrogens (tertiary/aromatic N) is 4. The first-order valence-corrected chi connectivity index (χ1v) is 10.4. The number of anilines is 1. The summed E-state index contributed by atoms with van der Waals surface area (Å²) in [5.74, 6) is 1.64. The van der Waals surface area contributed by atoms with E-state index >= 15 is 0 Å². The summed E-state index contributed by atoms with van der Waals surface area (Å²) in [7, 11) is 3.19. The van der Waals surface area contributed by atoms with Gasteiger partial charge in [-0.25, -0.2) is 4.39 Å². The number of aromatic nitrogens is 2. The number of piperazine rings is 1. The van der Waals surface area contributed by atoms with Gasteiger partial charge in [-0.2, -0.15) is 0 Å². The monoisotopic (exact) mass is 436 g/mol. The van der Waals surface area contributed by atoms with Crippen molar-refractivity contribution in [3.63, 3.8) is 0 Å². The van der Waals surface area contributed by atoms with Crippen molar-refractivity contribution in [3.8, 4) is 22.8 Å². The van der Waals surface area contributed by atoms with Gasteiger partial charge in [0.2, 0.25) is 5.91 Å². The molecule has 1 amide bonds. The second-order valence-corrected chi connectivity index (χ2v) is 7.48. The lowest BCUT2D eigenvalue weighted by Gasteiger charge is -2.35. The molecular weight excluding hydrogens is 411 g/mol. The van der Waals surface area contributed by atoms with E-state index in [1.54, 1.807) is 37.3 Å². The van der Waals surface area contributed by atoms with Gasteiger partial charge < -0.3 is 19.3 Å². The van der Waals surface area contributed by atoms with Crippen molar-refractivity contribution in [2.45, 2.75) is 6.42 Å². The molecule has 3 aromatic rings. The number of amides is 1. The van der Waals surface area contributed by atoms with Gasteiger partial charge in [0.1, 0.15) is 5.82 Å². The van der Waals surface area contributed by atoms with Crippen LogP contribution >= 0.6 is 0 Å². The number of ether oxygens (including phenoxy) is 2. The number of benzene rings is 2. The molecule has 0 aliphatic carbocycles. The standard InChI is InChI=1S/C24H25FN4O3/c1-31-21-9-7-18(15-22(21)32-2)20-8-10-23(27-26-20)28-11-13-29(14-12-28)24(30)16-17-5-3-4-6-19(17)25/h3-10,15H,11-14,16H2,1-2H3. The Balaban J connectivity index is 1.37. The van der Waals surface area contributed by atoms with Gasteiger partial charge in [-0.15, -0.1) is 10.2 Å². The summed E-state index contributed by atoms with van der Waals surface area (Å²) in [6.07, 6.45) is 0.0759. The molecular formula is C24H25FN4O3. The highest BCUT2D eigenvalue weighted by Gasteiger charge is 2.23. The van der Waals surface area contributed by atoms with Crippen LogP contribution in [0.5, 0.6) is 11.5 Å². The summed E-state index contributed by atoms with van der Waals surface area (Å²) >= 11 is 0. The number of methoxy groups -OCH3 is 2. The van der Waals surface area contributed by atoms with Gasteiger partial charge >= 0.3 is 0 Å². The molecule has 0 spiro atoms. The van der Waals surface area contributed by atoms with Crippen LogP contribution in [0.25, 0.3) is 11.3 Å². The quantitative estimate of drug-likeness (QED) is 0.591. The molecule has 7 nitrogen and oxygen atoms in total. The third-order valence-electron chi connectivity index (χ3n) is 5.59. The summed E-state index contributed by atoms with van der Waals surface area (Å²) in [5.41, 5.74) is 2.04. The smallest absolute Gasteiger partial charge is 0.227 e. The van der Waals surface area contributed by atoms with E-state index in [2.05, 4.69) is 15.1 Å². The van der Waals surface area contributed by atoms with E-state index in [-0.39, 0.29) is 18.1 Å². The van der Waals surface area contributed by atoms with Crippen molar-refractivity contribution in [2.24, 2.45) is 0 Å². The van der Waals surface area contributed by atoms with E-state index in [1.165, 1.54) is 6.07 Å². The third kappa shape index (κ3) is 4.64.